The fourth-order valence-corrected chi connectivity index (χ4v) is 1.38. The van der Waals surface area contributed by atoms with Crippen LogP contribution in [0.1, 0.15) is 23.2 Å². The Labute approximate surface area is 84.5 Å². The van der Waals surface area contributed by atoms with E-state index in [1.165, 1.54) is 0 Å². The summed E-state index contributed by atoms with van der Waals surface area (Å²) in [5, 5.41) is 8.89. The summed E-state index contributed by atoms with van der Waals surface area (Å²) in [6.45, 7) is -0.380. The topological polar surface area (TPSA) is 59.1 Å². The third kappa shape index (κ3) is 2.10. The van der Waals surface area contributed by atoms with Gasteiger partial charge in [0.2, 0.25) is 0 Å². The van der Waals surface area contributed by atoms with Crippen LogP contribution < -0.4 is 5.73 Å². The van der Waals surface area contributed by atoms with E-state index in [2.05, 4.69) is 4.98 Å². The highest BCUT2D eigenvalue weighted by atomic mass is 35.5. The monoisotopic (exact) mass is 222 g/mol. The maximum absolute atomic E-state index is 12.3. The average molecular weight is 223 g/mol. The molecule has 6 heteroatoms. The van der Waals surface area contributed by atoms with Gasteiger partial charge in [0, 0.05) is 5.56 Å². The predicted octanol–water partition coefficient (Wildman–Crippen LogP) is 1.83. The van der Waals surface area contributed by atoms with Gasteiger partial charge in [-0.05, 0) is 11.6 Å². The van der Waals surface area contributed by atoms with Crippen LogP contribution in [0.2, 0.25) is 0 Å². The Kier molecular flexibility index (Phi) is 3.60. The smallest absolute Gasteiger partial charge is 0.280 e. The first kappa shape index (κ1) is 11.1. The number of nitrogens with two attached hydrogens (primary N) is 1. The third-order valence-electron chi connectivity index (χ3n) is 1.80. The molecule has 0 saturated carbocycles. The number of nitrogens with zero attached hydrogens (tertiary/aromatic N) is 1. The third-order valence-corrected chi connectivity index (χ3v) is 2.06. The van der Waals surface area contributed by atoms with Crippen LogP contribution in [-0.4, -0.2) is 10.1 Å². The summed E-state index contributed by atoms with van der Waals surface area (Å²) in [5.41, 5.74) is 5.66. The molecule has 0 spiro atoms. The Morgan fingerprint density at radius 3 is 2.64 bits per heavy atom. The van der Waals surface area contributed by atoms with Crippen molar-refractivity contribution >= 4 is 17.4 Å². The second kappa shape index (κ2) is 4.52. The van der Waals surface area contributed by atoms with Crippen molar-refractivity contribution in [3.05, 3.63) is 22.9 Å². The van der Waals surface area contributed by atoms with Gasteiger partial charge in [-0.2, -0.15) is 0 Å². The van der Waals surface area contributed by atoms with Crippen molar-refractivity contribution in [1.82, 2.24) is 4.98 Å². The van der Waals surface area contributed by atoms with Crippen LogP contribution in [0.15, 0.2) is 6.07 Å². The van der Waals surface area contributed by atoms with Crippen molar-refractivity contribution < 1.29 is 13.9 Å². The molecule has 78 valence electrons. The minimum atomic E-state index is -2.70. The Morgan fingerprint density at radius 1 is 1.57 bits per heavy atom. The fraction of sp³-hybridized carbons (Fsp3) is 0.375. The van der Waals surface area contributed by atoms with E-state index < -0.39 is 12.1 Å². The minimum Gasteiger partial charge on any atom is -0.392 e. The first-order valence-corrected chi connectivity index (χ1v) is 4.36. The predicted molar refractivity (Wildman–Crippen MR) is 49.1 cm³/mol. The molecule has 14 heavy (non-hydrogen) atoms. The van der Waals surface area contributed by atoms with E-state index in [1.807, 2.05) is 0 Å². The van der Waals surface area contributed by atoms with Gasteiger partial charge in [0.25, 0.3) is 6.43 Å². The van der Waals surface area contributed by atoms with Crippen molar-refractivity contribution in [2.24, 2.45) is 0 Å². The summed E-state index contributed by atoms with van der Waals surface area (Å²) in [6, 6.07) is 1.11. The van der Waals surface area contributed by atoms with E-state index in [9.17, 15) is 8.78 Å². The zero-order valence-electron chi connectivity index (χ0n) is 7.17. The lowest BCUT2D eigenvalue weighted by Gasteiger charge is -2.09. The molecule has 0 aliphatic rings. The number of aliphatic hydroxyl groups excluding tert-OH is 1. The molecule has 1 rings (SSSR count). The molecule has 0 aromatic carbocycles. The second-order valence-corrected chi connectivity index (χ2v) is 2.93. The molecule has 1 heterocycles. The number of anilines is 1. The number of aromatic nitrogens is 1. The number of rotatable bonds is 3. The molecule has 0 amide bonds. The summed E-state index contributed by atoms with van der Waals surface area (Å²) in [6.07, 6.45) is -2.70. The van der Waals surface area contributed by atoms with Gasteiger partial charge in [0.1, 0.15) is 11.5 Å². The van der Waals surface area contributed by atoms with Gasteiger partial charge < -0.3 is 10.8 Å². The fourth-order valence-electron chi connectivity index (χ4n) is 1.08. The first-order valence-electron chi connectivity index (χ1n) is 3.83. The molecular weight excluding hydrogens is 214 g/mol. The summed E-state index contributed by atoms with van der Waals surface area (Å²) >= 11 is 5.53. The van der Waals surface area contributed by atoms with Crippen LogP contribution in [0.5, 0.6) is 0 Å². The average Bonchev–Trinajstić information content (AvgIpc) is 2.16. The second-order valence-electron chi connectivity index (χ2n) is 2.66. The number of halogens is 3. The Morgan fingerprint density at radius 2 is 2.21 bits per heavy atom. The van der Waals surface area contributed by atoms with Crippen molar-refractivity contribution in [3.8, 4) is 0 Å². The van der Waals surface area contributed by atoms with Gasteiger partial charge in [-0.15, -0.1) is 11.6 Å². The molecule has 0 radical (unpaired) electrons. The molecule has 0 atom stereocenters. The molecule has 0 bridgehead atoms. The van der Waals surface area contributed by atoms with Crippen LogP contribution in [0.4, 0.5) is 14.6 Å². The van der Waals surface area contributed by atoms with Crippen LogP contribution in [-0.2, 0) is 12.5 Å². The van der Waals surface area contributed by atoms with E-state index in [0.29, 0.717) is 11.1 Å². The van der Waals surface area contributed by atoms with E-state index >= 15 is 0 Å². The normalized spacial score (nSPS) is 10.9. The number of hydrogen-bond acceptors (Lipinski definition) is 3. The van der Waals surface area contributed by atoms with Gasteiger partial charge in [-0.1, -0.05) is 0 Å². The summed E-state index contributed by atoms with van der Waals surface area (Å²) < 4.78 is 24.5. The van der Waals surface area contributed by atoms with Crippen LogP contribution >= 0.6 is 11.6 Å². The highest BCUT2D eigenvalue weighted by molar-refractivity contribution is 6.17. The molecule has 3 nitrogen and oxygen atoms in total. The van der Waals surface area contributed by atoms with Crippen molar-refractivity contribution in [3.63, 3.8) is 0 Å². The zero-order chi connectivity index (χ0) is 10.7. The van der Waals surface area contributed by atoms with Gasteiger partial charge >= 0.3 is 0 Å². The Bertz CT molecular complexity index is 333. The van der Waals surface area contributed by atoms with E-state index in [4.69, 9.17) is 22.4 Å². The first-order chi connectivity index (χ1) is 6.60. The largest absolute Gasteiger partial charge is 0.392 e. The van der Waals surface area contributed by atoms with E-state index in [1.54, 1.807) is 0 Å². The van der Waals surface area contributed by atoms with Crippen molar-refractivity contribution in [2.45, 2.75) is 18.9 Å². The number of nitrogen functional groups attached to an aromatic ring is 1. The zero-order valence-corrected chi connectivity index (χ0v) is 7.93. The minimum absolute atomic E-state index is 0.0399. The van der Waals surface area contributed by atoms with Crippen LogP contribution in [0, 0.1) is 0 Å². The lowest BCUT2D eigenvalue weighted by molar-refractivity contribution is 0.146. The summed E-state index contributed by atoms with van der Waals surface area (Å²) in [5.74, 6) is -0.0139. The maximum atomic E-state index is 12.3. The van der Waals surface area contributed by atoms with Crippen LogP contribution in [0.25, 0.3) is 0 Å². The van der Waals surface area contributed by atoms with Gasteiger partial charge in [0.15, 0.2) is 0 Å². The lowest BCUT2D eigenvalue weighted by atomic mass is 10.1. The van der Waals surface area contributed by atoms with Crippen molar-refractivity contribution in [1.29, 1.82) is 0 Å². The van der Waals surface area contributed by atoms with E-state index in [-0.39, 0.29) is 18.3 Å². The molecule has 0 aliphatic heterocycles. The van der Waals surface area contributed by atoms with Gasteiger partial charge in [0.05, 0.1) is 12.5 Å². The molecule has 0 fully saturated rings. The standard InChI is InChI=1S/C8H9ClF2N2O/c9-2-5-4(3-14)1-6(7(10)11)13-8(5)12/h1,7,14H,2-3H2,(H2,12,13). The molecule has 0 saturated heterocycles. The Hall–Kier alpha value is -0.940. The molecule has 1 aromatic rings. The van der Waals surface area contributed by atoms with Gasteiger partial charge in [-0.25, -0.2) is 13.8 Å². The number of alkyl halides is 3. The molecular formula is C8H9ClF2N2O. The molecule has 3 N–H and O–H groups in total. The highest BCUT2D eigenvalue weighted by Crippen LogP contribution is 2.24. The summed E-state index contributed by atoms with van der Waals surface area (Å²) in [7, 11) is 0. The van der Waals surface area contributed by atoms with Crippen molar-refractivity contribution in [2.75, 3.05) is 5.73 Å². The number of aliphatic hydroxyl groups is 1. The molecule has 0 unspecified atom stereocenters. The van der Waals surface area contributed by atoms with E-state index in [0.717, 1.165) is 6.07 Å². The highest BCUT2D eigenvalue weighted by Gasteiger charge is 2.14. The quantitative estimate of drug-likeness (QED) is 0.768. The maximum Gasteiger partial charge on any atom is 0.280 e. The SMILES string of the molecule is Nc1nc(C(F)F)cc(CO)c1CCl. The number of pyridine rings is 1. The molecule has 1 aromatic heterocycles. The lowest BCUT2D eigenvalue weighted by Crippen LogP contribution is -2.05. The molecule has 0 aliphatic carbocycles. The van der Waals surface area contributed by atoms with Crippen LogP contribution in [0.3, 0.4) is 0 Å². The Balaban J connectivity index is 3.24. The van der Waals surface area contributed by atoms with Gasteiger partial charge in [-0.3, -0.25) is 0 Å². The number of hydrogen-bond donors (Lipinski definition) is 2. The summed E-state index contributed by atoms with van der Waals surface area (Å²) in [4.78, 5) is 3.48.